The lowest BCUT2D eigenvalue weighted by molar-refractivity contribution is 0.0993. The maximum atomic E-state index is 13.0. The van der Waals surface area contributed by atoms with Crippen LogP contribution in [0.1, 0.15) is 15.9 Å². The molecule has 0 N–H and O–H groups in total. The van der Waals surface area contributed by atoms with Gasteiger partial charge < -0.3 is 4.90 Å². The van der Waals surface area contributed by atoms with Crippen molar-refractivity contribution in [1.29, 1.82) is 0 Å². The Labute approximate surface area is 126 Å². The Balaban J connectivity index is 2.15. The lowest BCUT2D eigenvalue weighted by Gasteiger charge is -2.12. The number of ketones is 1. The molecule has 2 aromatic carbocycles. The Morgan fingerprint density at radius 3 is 2.35 bits per heavy atom. The molecule has 0 heterocycles. The summed E-state index contributed by atoms with van der Waals surface area (Å²) in [5.41, 5.74) is 2.49. The number of halogens is 2. The highest BCUT2D eigenvalue weighted by molar-refractivity contribution is 9.10. The fraction of sp³-hybridized carbons (Fsp3) is 0.188. The van der Waals surface area contributed by atoms with E-state index in [4.69, 9.17) is 0 Å². The number of nitrogens with zero attached hydrogens (tertiary/aromatic N) is 1. The van der Waals surface area contributed by atoms with Gasteiger partial charge in [-0.15, -0.1) is 0 Å². The van der Waals surface area contributed by atoms with E-state index in [1.807, 2.05) is 43.3 Å². The summed E-state index contributed by atoms with van der Waals surface area (Å²) in [5.74, 6) is -0.300. The van der Waals surface area contributed by atoms with Crippen molar-refractivity contribution in [3.63, 3.8) is 0 Å². The summed E-state index contributed by atoms with van der Waals surface area (Å²) in [6.07, 6.45) is 0.252. The molecule has 0 atom stereocenters. The van der Waals surface area contributed by atoms with E-state index in [0.717, 1.165) is 11.3 Å². The predicted molar refractivity (Wildman–Crippen MR) is 82.9 cm³/mol. The molecule has 2 nitrogen and oxygen atoms in total. The van der Waals surface area contributed by atoms with Crippen LogP contribution in [0.4, 0.5) is 10.1 Å². The fourth-order valence-corrected chi connectivity index (χ4v) is 2.38. The second-order valence-electron chi connectivity index (χ2n) is 4.78. The maximum Gasteiger partial charge on any atom is 0.167 e. The Hall–Kier alpha value is -1.68. The predicted octanol–water partition coefficient (Wildman–Crippen LogP) is 4.08. The maximum absolute atomic E-state index is 13.0. The minimum Gasteiger partial charge on any atom is -0.378 e. The van der Waals surface area contributed by atoms with E-state index in [2.05, 4.69) is 15.9 Å². The van der Waals surface area contributed by atoms with Gasteiger partial charge in [-0.25, -0.2) is 4.39 Å². The van der Waals surface area contributed by atoms with Gasteiger partial charge in [0.15, 0.2) is 5.78 Å². The Bertz CT molecular complexity index is 623. The third-order valence-corrected chi connectivity index (χ3v) is 3.81. The quantitative estimate of drug-likeness (QED) is 0.784. The lowest BCUT2D eigenvalue weighted by atomic mass is 10.0. The van der Waals surface area contributed by atoms with Crippen molar-refractivity contribution in [2.75, 3.05) is 19.0 Å². The first-order valence-electron chi connectivity index (χ1n) is 6.22. The number of hydrogen-bond acceptors (Lipinski definition) is 2. The molecule has 0 aliphatic rings. The molecule has 104 valence electrons. The van der Waals surface area contributed by atoms with Crippen LogP contribution < -0.4 is 4.90 Å². The normalized spacial score (nSPS) is 10.4. The van der Waals surface area contributed by atoms with Gasteiger partial charge in [-0.1, -0.05) is 22.0 Å². The summed E-state index contributed by atoms with van der Waals surface area (Å²) in [7, 11) is 3.90. The van der Waals surface area contributed by atoms with Crippen LogP contribution in [0.3, 0.4) is 0 Å². The van der Waals surface area contributed by atoms with Crippen molar-refractivity contribution < 1.29 is 9.18 Å². The van der Waals surface area contributed by atoms with E-state index in [1.165, 1.54) is 12.1 Å². The number of benzene rings is 2. The number of Topliss-reactive ketones (excluding diaryl/α,β-unsaturated/α-hetero) is 1. The van der Waals surface area contributed by atoms with Gasteiger partial charge >= 0.3 is 0 Å². The summed E-state index contributed by atoms with van der Waals surface area (Å²) in [6, 6.07) is 11.8. The van der Waals surface area contributed by atoms with Crippen molar-refractivity contribution in [2.24, 2.45) is 0 Å². The largest absolute Gasteiger partial charge is 0.378 e. The molecule has 0 spiro atoms. The van der Waals surface area contributed by atoms with Crippen LogP contribution in [0.5, 0.6) is 0 Å². The molecule has 20 heavy (non-hydrogen) atoms. The standard InChI is InChI=1S/C16H15BrFNO/c1-19(2)14-7-4-11(5-8-14)16(20)9-12-3-6-13(18)10-15(12)17/h3-8,10H,9H2,1-2H3. The molecule has 0 radical (unpaired) electrons. The first-order chi connectivity index (χ1) is 9.47. The molecule has 2 aromatic rings. The fourth-order valence-electron chi connectivity index (χ4n) is 1.89. The third-order valence-electron chi connectivity index (χ3n) is 3.07. The van der Waals surface area contributed by atoms with Crippen molar-refractivity contribution in [1.82, 2.24) is 0 Å². The molecule has 0 aliphatic heterocycles. The zero-order chi connectivity index (χ0) is 14.7. The van der Waals surface area contributed by atoms with Crippen molar-refractivity contribution in [3.05, 3.63) is 63.9 Å². The number of carbonyl (C=O) groups is 1. The summed E-state index contributed by atoms with van der Waals surface area (Å²) < 4.78 is 13.6. The third kappa shape index (κ3) is 3.45. The van der Waals surface area contributed by atoms with Gasteiger partial charge in [0.1, 0.15) is 5.82 Å². The van der Waals surface area contributed by atoms with Crippen molar-refractivity contribution in [3.8, 4) is 0 Å². The molecule has 0 fully saturated rings. The lowest BCUT2D eigenvalue weighted by Crippen LogP contribution is -2.09. The average molecular weight is 336 g/mol. The highest BCUT2D eigenvalue weighted by Crippen LogP contribution is 2.20. The summed E-state index contributed by atoms with van der Waals surface area (Å²) in [5, 5.41) is 0. The molecule has 0 bridgehead atoms. The van der Waals surface area contributed by atoms with Gasteiger partial charge in [0.05, 0.1) is 0 Å². The van der Waals surface area contributed by atoms with Crippen LogP contribution >= 0.6 is 15.9 Å². The minimum absolute atomic E-state index is 0.0163. The first-order valence-corrected chi connectivity index (χ1v) is 7.01. The van der Waals surface area contributed by atoms with Gasteiger partial charge in [0.2, 0.25) is 0 Å². The van der Waals surface area contributed by atoms with Crippen LogP contribution in [0.2, 0.25) is 0 Å². The minimum atomic E-state index is -0.316. The smallest absolute Gasteiger partial charge is 0.167 e. The molecule has 0 unspecified atom stereocenters. The number of hydrogen-bond donors (Lipinski definition) is 0. The van der Waals surface area contributed by atoms with Crippen LogP contribution in [0.25, 0.3) is 0 Å². The van der Waals surface area contributed by atoms with Gasteiger partial charge in [0.25, 0.3) is 0 Å². The second kappa shape index (κ2) is 6.18. The Kier molecular flexibility index (Phi) is 4.55. The molecule has 2 rings (SSSR count). The van der Waals surface area contributed by atoms with Gasteiger partial charge in [0, 0.05) is 36.2 Å². The Morgan fingerprint density at radius 1 is 1.15 bits per heavy atom. The molecule has 0 aliphatic carbocycles. The molecule has 0 saturated heterocycles. The number of carbonyl (C=O) groups excluding carboxylic acids is 1. The Morgan fingerprint density at radius 2 is 1.80 bits per heavy atom. The molecular formula is C16H15BrFNO. The van der Waals surface area contributed by atoms with E-state index < -0.39 is 0 Å². The zero-order valence-electron chi connectivity index (χ0n) is 11.4. The molecule has 0 saturated carbocycles. The van der Waals surface area contributed by atoms with E-state index in [1.54, 1.807) is 6.07 Å². The highest BCUT2D eigenvalue weighted by Gasteiger charge is 2.10. The molecule has 0 amide bonds. The van der Waals surface area contributed by atoms with Crippen molar-refractivity contribution >= 4 is 27.4 Å². The average Bonchev–Trinajstić information content (AvgIpc) is 2.42. The highest BCUT2D eigenvalue weighted by atomic mass is 79.9. The van der Waals surface area contributed by atoms with Gasteiger partial charge in [-0.05, 0) is 42.0 Å². The van der Waals surface area contributed by atoms with Crippen LogP contribution in [0.15, 0.2) is 46.9 Å². The summed E-state index contributed by atoms with van der Waals surface area (Å²) in [4.78, 5) is 14.2. The van der Waals surface area contributed by atoms with Crippen LogP contribution in [-0.4, -0.2) is 19.9 Å². The van der Waals surface area contributed by atoms with E-state index >= 15 is 0 Å². The topological polar surface area (TPSA) is 20.3 Å². The molecule has 0 aromatic heterocycles. The second-order valence-corrected chi connectivity index (χ2v) is 5.63. The zero-order valence-corrected chi connectivity index (χ0v) is 12.9. The van der Waals surface area contributed by atoms with Gasteiger partial charge in [-0.2, -0.15) is 0 Å². The van der Waals surface area contributed by atoms with E-state index in [0.29, 0.717) is 10.0 Å². The van der Waals surface area contributed by atoms with Crippen molar-refractivity contribution in [2.45, 2.75) is 6.42 Å². The molecule has 4 heteroatoms. The van der Waals surface area contributed by atoms with Gasteiger partial charge in [-0.3, -0.25) is 4.79 Å². The summed E-state index contributed by atoms with van der Waals surface area (Å²) >= 11 is 3.28. The monoisotopic (exact) mass is 335 g/mol. The first kappa shape index (κ1) is 14.7. The van der Waals surface area contributed by atoms with E-state index in [9.17, 15) is 9.18 Å². The van der Waals surface area contributed by atoms with E-state index in [-0.39, 0.29) is 18.0 Å². The van der Waals surface area contributed by atoms with Crippen LogP contribution in [0, 0.1) is 5.82 Å². The molecular weight excluding hydrogens is 321 g/mol. The SMILES string of the molecule is CN(C)c1ccc(C(=O)Cc2ccc(F)cc2Br)cc1. The van der Waals surface area contributed by atoms with Crippen LogP contribution in [-0.2, 0) is 6.42 Å². The summed E-state index contributed by atoms with van der Waals surface area (Å²) in [6.45, 7) is 0. The number of rotatable bonds is 4. The number of anilines is 1.